The van der Waals surface area contributed by atoms with Crippen LogP contribution in [0.25, 0.3) is 17.2 Å². The van der Waals surface area contributed by atoms with Crippen molar-refractivity contribution in [3.05, 3.63) is 86.8 Å². The second-order valence-electron chi connectivity index (χ2n) is 8.10. The maximum Gasteiger partial charge on any atom is 0.341 e. The molecule has 0 bridgehead atoms. The van der Waals surface area contributed by atoms with E-state index in [0.717, 1.165) is 12.0 Å². The molecule has 1 aromatic heterocycles. The molecule has 0 aliphatic rings. The lowest BCUT2D eigenvalue weighted by Gasteiger charge is -2.11. The molecule has 1 amide bonds. The molecule has 1 heterocycles. The first-order valence-electron chi connectivity index (χ1n) is 11.5. The van der Waals surface area contributed by atoms with Crippen LogP contribution in [0.2, 0.25) is 0 Å². The molecule has 0 fully saturated rings. The number of amides is 1. The number of esters is 1. The zero-order valence-electron chi connectivity index (χ0n) is 19.9. The van der Waals surface area contributed by atoms with Crippen molar-refractivity contribution in [1.82, 2.24) is 0 Å². The molecule has 0 saturated carbocycles. The van der Waals surface area contributed by atoms with E-state index in [-0.39, 0.29) is 12.3 Å². The van der Waals surface area contributed by atoms with E-state index in [4.69, 9.17) is 4.74 Å². The van der Waals surface area contributed by atoms with E-state index < -0.39 is 16.8 Å². The topological polar surface area (TPSA) is 98.5 Å². The molecule has 0 aliphatic carbocycles. The number of benzene rings is 2. The van der Waals surface area contributed by atoms with Crippen molar-refractivity contribution in [3.8, 4) is 11.1 Å². The Morgan fingerprint density at radius 1 is 1.17 bits per heavy atom. The average Bonchev–Trinajstić information content (AvgIpc) is 3.29. The molecule has 0 saturated heterocycles. The number of nitrogens with zero attached hydrogens (tertiary/aromatic N) is 1. The lowest BCUT2D eigenvalue weighted by atomic mass is 9.95. The summed E-state index contributed by atoms with van der Waals surface area (Å²) in [5, 5.41) is 15.9. The van der Waals surface area contributed by atoms with Gasteiger partial charge in [0, 0.05) is 29.2 Å². The fourth-order valence-corrected chi connectivity index (χ4v) is 4.39. The van der Waals surface area contributed by atoms with Crippen LogP contribution in [0.3, 0.4) is 0 Å². The van der Waals surface area contributed by atoms with Crippen LogP contribution < -0.4 is 5.32 Å². The Morgan fingerprint density at radius 3 is 2.57 bits per heavy atom. The Kier molecular flexibility index (Phi) is 8.92. The molecular formula is C27H28N2O5S. The molecule has 7 nitrogen and oxygen atoms in total. The van der Waals surface area contributed by atoms with Crippen molar-refractivity contribution < 1.29 is 19.2 Å². The molecule has 0 spiro atoms. The minimum Gasteiger partial charge on any atom is -0.462 e. The second-order valence-corrected chi connectivity index (χ2v) is 8.98. The van der Waals surface area contributed by atoms with Crippen LogP contribution in [0, 0.1) is 10.1 Å². The van der Waals surface area contributed by atoms with E-state index in [1.165, 1.54) is 41.2 Å². The summed E-state index contributed by atoms with van der Waals surface area (Å²) in [5.74, 6) is -0.512. The molecule has 3 rings (SSSR count). The summed E-state index contributed by atoms with van der Waals surface area (Å²) in [6.07, 6.45) is 4.48. The number of nitro groups is 1. The van der Waals surface area contributed by atoms with Gasteiger partial charge in [-0.3, -0.25) is 14.9 Å². The van der Waals surface area contributed by atoms with Gasteiger partial charge in [0.2, 0.25) is 5.91 Å². The van der Waals surface area contributed by atoms with Gasteiger partial charge in [0.05, 0.1) is 11.5 Å². The predicted octanol–water partition coefficient (Wildman–Crippen LogP) is 7.06. The van der Waals surface area contributed by atoms with Gasteiger partial charge >= 0.3 is 5.97 Å². The summed E-state index contributed by atoms with van der Waals surface area (Å²) < 4.78 is 5.40. The first-order chi connectivity index (χ1) is 16.8. The van der Waals surface area contributed by atoms with Crippen LogP contribution in [-0.4, -0.2) is 23.4 Å². The van der Waals surface area contributed by atoms with Gasteiger partial charge in [-0.2, -0.15) is 0 Å². The first-order valence-corrected chi connectivity index (χ1v) is 12.3. The van der Waals surface area contributed by atoms with Crippen molar-refractivity contribution in [3.63, 3.8) is 0 Å². The zero-order valence-corrected chi connectivity index (χ0v) is 20.8. The van der Waals surface area contributed by atoms with Gasteiger partial charge in [-0.15, -0.1) is 11.3 Å². The van der Waals surface area contributed by atoms with Crippen LogP contribution in [0.5, 0.6) is 0 Å². The van der Waals surface area contributed by atoms with Gasteiger partial charge in [0.25, 0.3) is 5.69 Å². The van der Waals surface area contributed by atoms with E-state index in [2.05, 4.69) is 31.3 Å². The highest BCUT2D eigenvalue weighted by Gasteiger charge is 2.22. The zero-order chi connectivity index (χ0) is 25.4. The molecule has 1 N–H and O–H groups in total. The maximum absolute atomic E-state index is 12.9. The lowest BCUT2D eigenvalue weighted by Crippen LogP contribution is -2.13. The fraction of sp³-hybridized carbons (Fsp3) is 0.259. The smallest absolute Gasteiger partial charge is 0.341 e. The Morgan fingerprint density at radius 2 is 1.91 bits per heavy atom. The first kappa shape index (κ1) is 25.8. The molecule has 3 aromatic rings. The maximum atomic E-state index is 12.9. The minimum atomic E-state index is -0.493. The number of thiophene rings is 1. The number of hydrogen-bond acceptors (Lipinski definition) is 6. The average molecular weight is 493 g/mol. The number of rotatable bonds is 10. The third-order valence-electron chi connectivity index (χ3n) is 5.58. The van der Waals surface area contributed by atoms with Gasteiger partial charge in [-0.05, 0) is 41.5 Å². The van der Waals surface area contributed by atoms with Gasteiger partial charge in [0.15, 0.2) is 0 Å². The predicted molar refractivity (Wildman–Crippen MR) is 140 cm³/mol. The van der Waals surface area contributed by atoms with E-state index >= 15 is 0 Å². The number of nitrogens with one attached hydrogen (secondary N) is 1. The molecule has 35 heavy (non-hydrogen) atoms. The van der Waals surface area contributed by atoms with Crippen molar-refractivity contribution in [2.24, 2.45) is 0 Å². The SMILES string of the molecule is CCCOC(=O)c1c(-c2ccc([C@H](C)CC)cc2)csc1NC(=O)/C=C\c1cccc([N+](=O)[O-])c1. The minimum absolute atomic E-state index is 0.0595. The number of anilines is 1. The van der Waals surface area contributed by atoms with Gasteiger partial charge in [-0.25, -0.2) is 4.79 Å². The van der Waals surface area contributed by atoms with Crippen LogP contribution in [0.4, 0.5) is 10.7 Å². The monoisotopic (exact) mass is 492 g/mol. The summed E-state index contributed by atoms with van der Waals surface area (Å²) in [6.45, 7) is 6.50. The molecule has 0 unspecified atom stereocenters. The van der Waals surface area contributed by atoms with Gasteiger partial charge in [0.1, 0.15) is 10.6 Å². The van der Waals surface area contributed by atoms with E-state index in [0.29, 0.717) is 34.0 Å². The third-order valence-corrected chi connectivity index (χ3v) is 6.48. The normalized spacial score (nSPS) is 11.9. The molecular weight excluding hydrogens is 464 g/mol. The quantitative estimate of drug-likeness (QED) is 0.141. The number of non-ortho nitro benzene ring substituents is 1. The number of nitro benzene ring substituents is 1. The fourth-order valence-electron chi connectivity index (χ4n) is 3.43. The van der Waals surface area contributed by atoms with Crippen LogP contribution in [0.1, 0.15) is 61.0 Å². The highest BCUT2D eigenvalue weighted by atomic mass is 32.1. The Balaban J connectivity index is 1.86. The van der Waals surface area contributed by atoms with Crippen LogP contribution >= 0.6 is 11.3 Å². The summed E-state index contributed by atoms with van der Waals surface area (Å²) >= 11 is 1.25. The van der Waals surface area contributed by atoms with E-state index in [1.807, 2.05) is 24.4 Å². The number of hydrogen-bond donors (Lipinski definition) is 1. The van der Waals surface area contributed by atoms with E-state index in [1.54, 1.807) is 12.1 Å². The highest BCUT2D eigenvalue weighted by molar-refractivity contribution is 7.15. The van der Waals surface area contributed by atoms with Gasteiger partial charge in [-0.1, -0.05) is 57.2 Å². The number of ether oxygens (including phenoxy) is 1. The molecule has 2 aromatic carbocycles. The van der Waals surface area contributed by atoms with Gasteiger partial charge < -0.3 is 10.1 Å². The molecule has 0 aliphatic heterocycles. The standard InChI is InChI=1S/C27H28N2O5S/c1-4-15-34-27(31)25-23(21-12-10-20(11-13-21)18(3)5-2)17-35-26(25)28-24(30)14-9-19-7-6-8-22(16-19)29(32)33/h6-14,16-18H,4-5,15H2,1-3H3,(H,28,30)/b14-9-/t18-/m1/s1. The third kappa shape index (κ3) is 6.64. The Hall–Kier alpha value is -3.78. The number of carbonyl (C=O) groups is 2. The molecule has 1 atom stereocenters. The van der Waals surface area contributed by atoms with Crippen molar-refractivity contribution >= 4 is 40.0 Å². The largest absolute Gasteiger partial charge is 0.462 e. The summed E-state index contributed by atoms with van der Waals surface area (Å²) in [5.41, 5.74) is 3.56. The summed E-state index contributed by atoms with van der Waals surface area (Å²) in [7, 11) is 0. The van der Waals surface area contributed by atoms with Crippen molar-refractivity contribution in [2.75, 3.05) is 11.9 Å². The Bertz CT molecular complexity index is 1230. The highest BCUT2D eigenvalue weighted by Crippen LogP contribution is 2.37. The summed E-state index contributed by atoms with van der Waals surface area (Å²) in [6, 6.07) is 14.1. The van der Waals surface area contributed by atoms with Crippen LogP contribution in [-0.2, 0) is 9.53 Å². The van der Waals surface area contributed by atoms with Crippen molar-refractivity contribution in [2.45, 2.75) is 39.5 Å². The second kappa shape index (κ2) is 12.1. The van der Waals surface area contributed by atoms with E-state index in [9.17, 15) is 19.7 Å². The molecule has 0 radical (unpaired) electrons. The number of carbonyl (C=O) groups excluding carboxylic acids is 2. The van der Waals surface area contributed by atoms with Crippen LogP contribution in [0.15, 0.2) is 60.0 Å². The molecule has 8 heteroatoms. The Labute approximate surface area is 208 Å². The molecule has 182 valence electrons. The lowest BCUT2D eigenvalue weighted by molar-refractivity contribution is -0.384. The summed E-state index contributed by atoms with van der Waals surface area (Å²) in [4.78, 5) is 36.0. The van der Waals surface area contributed by atoms with Crippen molar-refractivity contribution in [1.29, 1.82) is 0 Å².